The number of aliphatic imine (C=N–C) groups is 1. The Morgan fingerprint density at radius 3 is 2.36 bits per heavy atom. The van der Waals surface area contributed by atoms with E-state index in [-0.39, 0.29) is 5.41 Å². The summed E-state index contributed by atoms with van der Waals surface area (Å²) >= 11 is 0. The Balaban J connectivity index is 2.11. The van der Waals surface area contributed by atoms with Crippen LogP contribution >= 0.6 is 0 Å². The highest BCUT2D eigenvalue weighted by molar-refractivity contribution is 5.63. The van der Waals surface area contributed by atoms with Crippen LogP contribution in [0.15, 0.2) is 4.99 Å². The van der Waals surface area contributed by atoms with Gasteiger partial charge in [0, 0.05) is 12.8 Å². The van der Waals surface area contributed by atoms with E-state index in [4.69, 9.17) is 0 Å². The first-order chi connectivity index (χ1) is 6.58. The van der Waals surface area contributed by atoms with Crippen molar-refractivity contribution in [3.05, 3.63) is 0 Å². The minimum Gasteiger partial charge on any atom is -0.297 e. The fraction of sp³-hybridized carbons (Fsp3) is 0.923. The maximum absolute atomic E-state index is 4.51. The highest BCUT2D eigenvalue weighted by atomic mass is 14.7. The lowest BCUT2D eigenvalue weighted by Gasteiger charge is -2.20. The van der Waals surface area contributed by atoms with Crippen molar-refractivity contribution in [2.24, 2.45) is 16.3 Å². The molecular formula is C13H25N. The molecular weight excluding hydrogens is 170 g/mol. The minimum atomic E-state index is 0.257. The normalized spacial score (nSPS) is 20.5. The zero-order valence-corrected chi connectivity index (χ0v) is 10.1. The highest BCUT2D eigenvalue weighted by Gasteiger charge is 2.12. The molecule has 0 amide bonds. The molecule has 0 aromatic rings. The molecule has 0 saturated heterocycles. The van der Waals surface area contributed by atoms with Gasteiger partial charge in [0.25, 0.3) is 0 Å². The Kier molecular flexibility index (Phi) is 4.64. The van der Waals surface area contributed by atoms with Crippen molar-refractivity contribution in [1.29, 1.82) is 0 Å². The summed E-state index contributed by atoms with van der Waals surface area (Å²) < 4.78 is 0. The summed E-state index contributed by atoms with van der Waals surface area (Å²) in [6.45, 7) is 7.66. The van der Waals surface area contributed by atoms with Gasteiger partial charge in [0.1, 0.15) is 0 Å². The van der Waals surface area contributed by atoms with Crippen LogP contribution in [-0.2, 0) is 0 Å². The fourth-order valence-corrected chi connectivity index (χ4v) is 2.07. The lowest BCUT2D eigenvalue weighted by molar-refractivity contribution is 0.343. The summed E-state index contributed by atoms with van der Waals surface area (Å²) in [5.41, 5.74) is 0.257. The SMILES string of the molecule is CC(C)(C)C=NCCC1CCCCC1. The van der Waals surface area contributed by atoms with Crippen molar-refractivity contribution in [3.63, 3.8) is 0 Å². The average molecular weight is 195 g/mol. The van der Waals surface area contributed by atoms with Crippen LogP contribution in [0, 0.1) is 11.3 Å². The lowest BCUT2D eigenvalue weighted by atomic mass is 9.87. The number of nitrogens with zero attached hydrogens (tertiary/aromatic N) is 1. The van der Waals surface area contributed by atoms with Crippen LogP contribution in [0.5, 0.6) is 0 Å². The van der Waals surface area contributed by atoms with Gasteiger partial charge in [0.15, 0.2) is 0 Å². The van der Waals surface area contributed by atoms with E-state index < -0.39 is 0 Å². The molecule has 0 aromatic carbocycles. The summed E-state index contributed by atoms with van der Waals surface area (Å²) in [7, 11) is 0. The molecule has 0 atom stereocenters. The Bertz CT molecular complexity index is 170. The number of hydrogen-bond donors (Lipinski definition) is 0. The molecule has 0 unspecified atom stereocenters. The predicted octanol–water partition coefficient (Wildman–Crippen LogP) is 4.07. The molecule has 0 radical (unpaired) electrons. The minimum absolute atomic E-state index is 0.257. The van der Waals surface area contributed by atoms with Crippen molar-refractivity contribution < 1.29 is 0 Å². The van der Waals surface area contributed by atoms with Crippen LogP contribution < -0.4 is 0 Å². The van der Waals surface area contributed by atoms with Crippen molar-refractivity contribution in [2.75, 3.05) is 6.54 Å². The van der Waals surface area contributed by atoms with E-state index in [1.54, 1.807) is 0 Å². The van der Waals surface area contributed by atoms with Gasteiger partial charge >= 0.3 is 0 Å². The quantitative estimate of drug-likeness (QED) is 0.602. The van der Waals surface area contributed by atoms with Crippen molar-refractivity contribution in [1.82, 2.24) is 0 Å². The first-order valence-electron chi connectivity index (χ1n) is 6.09. The van der Waals surface area contributed by atoms with E-state index in [1.807, 2.05) is 0 Å². The Morgan fingerprint density at radius 1 is 1.14 bits per heavy atom. The van der Waals surface area contributed by atoms with Gasteiger partial charge in [-0.15, -0.1) is 0 Å². The molecule has 1 heteroatoms. The maximum Gasteiger partial charge on any atom is 0.0388 e. The van der Waals surface area contributed by atoms with E-state index >= 15 is 0 Å². The molecule has 82 valence electrons. The third kappa shape index (κ3) is 5.41. The highest BCUT2D eigenvalue weighted by Crippen LogP contribution is 2.26. The molecule has 0 aliphatic heterocycles. The Morgan fingerprint density at radius 2 is 1.79 bits per heavy atom. The topological polar surface area (TPSA) is 12.4 Å². The smallest absolute Gasteiger partial charge is 0.0388 e. The molecule has 1 fully saturated rings. The zero-order valence-electron chi connectivity index (χ0n) is 10.1. The van der Waals surface area contributed by atoms with Crippen LogP contribution in [0.2, 0.25) is 0 Å². The molecule has 0 aromatic heterocycles. The summed E-state index contributed by atoms with van der Waals surface area (Å²) in [4.78, 5) is 4.51. The number of rotatable bonds is 3. The van der Waals surface area contributed by atoms with E-state index in [0.29, 0.717) is 0 Å². The second-order valence-electron chi connectivity index (χ2n) is 5.69. The molecule has 1 aliphatic carbocycles. The van der Waals surface area contributed by atoms with Crippen LogP contribution in [0.3, 0.4) is 0 Å². The molecule has 14 heavy (non-hydrogen) atoms. The van der Waals surface area contributed by atoms with Gasteiger partial charge in [-0.1, -0.05) is 52.9 Å². The molecule has 0 spiro atoms. The zero-order chi connectivity index (χ0) is 10.4. The summed E-state index contributed by atoms with van der Waals surface area (Å²) in [6, 6.07) is 0. The molecule has 1 rings (SSSR count). The molecule has 1 nitrogen and oxygen atoms in total. The van der Waals surface area contributed by atoms with Gasteiger partial charge in [-0.2, -0.15) is 0 Å². The fourth-order valence-electron chi connectivity index (χ4n) is 2.07. The first kappa shape index (κ1) is 11.7. The van der Waals surface area contributed by atoms with Crippen molar-refractivity contribution in [2.45, 2.75) is 59.3 Å². The van der Waals surface area contributed by atoms with Gasteiger partial charge in [0.05, 0.1) is 0 Å². The third-order valence-corrected chi connectivity index (χ3v) is 2.87. The summed E-state index contributed by atoms with van der Waals surface area (Å²) in [6.07, 6.45) is 10.7. The standard InChI is InChI=1S/C13H25N/c1-13(2,3)11-14-10-9-12-7-5-4-6-8-12/h11-12H,4-10H2,1-3H3. The van der Waals surface area contributed by atoms with Crippen molar-refractivity contribution in [3.8, 4) is 0 Å². The van der Waals surface area contributed by atoms with Crippen molar-refractivity contribution >= 4 is 6.21 Å². The molecule has 1 saturated carbocycles. The van der Waals surface area contributed by atoms with E-state index in [1.165, 1.54) is 38.5 Å². The Hall–Kier alpha value is -0.330. The largest absolute Gasteiger partial charge is 0.297 e. The first-order valence-corrected chi connectivity index (χ1v) is 6.09. The monoisotopic (exact) mass is 195 g/mol. The third-order valence-electron chi connectivity index (χ3n) is 2.87. The van der Waals surface area contributed by atoms with Crippen LogP contribution in [0.25, 0.3) is 0 Å². The van der Waals surface area contributed by atoms with E-state index in [9.17, 15) is 0 Å². The number of hydrogen-bond acceptors (Lipinski definition) is 1. The van der Waals surface area contributed by atoms with Gasteiger partial charge in [-0.25, -0.2) is 0 Å². The maximum atomic E-state index is 4.51. The molecule has 0 heterocycles. The van der Waals surface area contributed by atoms with Crippen LogP contribution in [0.1, 0.15) is 59.3 Å². The summed E-state index contributed by atoms with van der Waals surface area (Å²) in [5, 5.41) is 0. The van der Waals surface area contributed by atoms with Crippen LogP contribution in [-0.4, -0.2) is 12.8 Å². The second kappa shape index (κ2) is 5.53. The molecule has 0 N–H and O–H groups in total. The van der Waals surface area contributed by atoms with Gasteiger partial charge in [-0.05, 0) is 17.8 Å². The second-order valence-corrected chi connectivity index (χ2v) is 5.69. The molecule has 0 bridgehead atoms. The average Bonchev–Trinajstić information content (AvgIpc) is 2.13. The van der Waals surface area contributed by atoms with E-state index in [0.717, 1.165) is 12.5 Å². The van der Waals surface area contributed by atoms with Gasteiger partial charge in [0.2, 0.25) is 0 Å². The summed E-state index contributed by atoms with van der Waals surface area (Å²) in [5.74, 6) is 0.973. The van der Waals surface area contributed by atoms with Gasteiger partial charge in [-0.3, -0.25) is 4.99 Å². The molecule has 1 aliphatic rings. The Labute approximate surface area is 89.0 Å². The van der Waals surface area contributed by atoms with E-state index in [2.05, 4.69) is 32.0 Å². The van der Waals surface area contributed by atoms with Crippen LogP contribution in [0.4, 0.5) is 0 Å². The lowest BCUT2D eigenvalue weighted by Crippen LogP contribution is -2.09. The van der Waals surface area contributed by atoms with Gasteiger partial charge < -0.3 is 0 Å². The predicted molar refractivity (Wildman–Crippen MR) is 64.0 cm³/mol.